The van der Waals surface area contributed by atoms with Gasteiger partial charge < -0.3 is 15.2 Å². The molecule has 0 spiro atoms. The number of carbonyl (C=O) groups excluding carboxylic acids is 1. The maximum Gasteiger partial charge on any atom is 0.323 e. The van der Waals surface area contributed by atoms with Crippen LogP contribution in [0.2, 0.25) is 0 Å². The molecule has 2 N–H and O–H groups in total. The van der Waals surface area contributed by atoms with Crippen molar-refractivity contribution < 1.29 is 19.4 Å². The zero-order chi connectivity index (χ0) is 13.5. The number of ether oxygens (including phenoxy) is 1. The lowest BCUT2D eigenvalue weighted by Crippen LogP contribution is -2.53. The van der Waals surface area contributed by atoms with Gasteiger partial charge in [0.25, 0.3) is 0 Å². The molecule has 0 saturated carbocycles. The van der Waals surface area contributed by atoms with E-state index in [1.807, 2.05) is 13.8 Å². The van der Waals surface area contributed by atoms with Crippen LogP contribution in [0.25, 0.3) is 0 Å². The van der Waals surface area contributed by atoms with Crippen molar-refractivity contribution >= 4 is 11.9 Å². The molecule has 1 rings (SSSR count). The van der Waals surface area contributed by atoms with Gasteiger partial charge in [-0.25, -0.2) is 0 Å². The number of hydrogen-bond donors (Lipinski definition) is 2. The minimum atomic E-state index is -0.940. The molecular weight excluding hydrogens is 236 g/mol. The van der Waals surface area contributed by atoms with Gasteiger partial charge in [0.2, 0.25) is 5.91 Å². The van der Waals surface area contributed by atoms with Crippen LogP contribution < -0.4 is 5.32 Å². The summed E-state index contributed by atoms with van der Waals surface area (Å²) < 4.78 is 5.12. The summed E-state index contributed by atoms with van der Waals surface area (Å²) in [7, 11) is 0. The van der Waals surface area contributed by atoms with E-state index in [1.54, 1.807) is 4.90 Å². The van der Waals surface area contributed by atoms with E-state index < -0.39 is 12.0 Å². The van der Waals surface area contributed by atoms with E-state index in [2.05, 4.69) is 5.32 Å². The molecule has 0 aromatic rings. The van der Waals surface area contributed by atoms with Crippen molar-refractivity contribution in [2.45, 2.75) is 38.8 Å². The predicted molar refractivity (Wildman–Crippen MR) is 66.3 cm³/mol. The average Bonchev–Trinajstić information content (AvgIpc) is 2.36. The molecular formula is C12H22N2O4. The van der Waals surface area contributed by atoms with Gasteiger partial charge in [0.1, 0.15) is 6.04 Å². The van der Waals surface area contributed by atoms with Crippen LogP contribution in [0.4, 0.5) is 0 Å². The van der Waals surface area contributed by atoms with Gasteiger partial charge in [-0.15, -0.1) is 0 Å². The number of nitrogens with one attached hydrogen (secondary N) is 1. The van der Waals surface area contributed by atoms with E-state index in [0.717, 1.165) is 12.8 Å². The molecule has 1 atom stereocenters. The third-order valence-corrected chi connectivity index (χ3v) is 3.22. The summed E-state index contributed by atoms with van der Waals surface area (Å²) >= 11 is 0. The Kier molecular flexibility index (Phi) is 6.07. The number of amides is 1. The van der Waals surface area contributed by atoms with Gasteiger partial charge >= 0.3 is 5.97 Å². The number of aliphatic carboxylic acids is 1. The molecule has 1 amide bonds. The normalized spacial score (nSPS) is 20.9. The quantitative estimate of drug-likeness (QED) is 0.705. The van der Waals surface area contributed by atoms with Gasteiger partial charge in [-0.1, -0.05) is 13.8 Å². The molecule has 0 aliphatic carbocycles. The number of hydrogen-bond acceptors (Lipinski definition) is 4. The highest BCUT2D eigenvalue weighted by molar-refractivity contribution is 5.80. The molecule has 0 aromatic carbocycles. The summed E-state index contributed by atoms with van der Waals surface area (Å²) in [4.78, 5) is 24.5. The number of nitrogens with zero attached hydrogens (tertiary/aromatic N) is 1. The van der Waals surface area contributed by atoms with Crippen LogP contribution in [-0.2, 0) is 14.3 Å². The minimum Gasteiger partial charge on any atom is -0.480 e. The standard InChI is InChI=1S/C12H22N2O4/c1-3-9(4-2)13-11(15)7-14-5-6-18-8-10(14)12(16)17/h9-10H,3-8H2,1-2H3,(H,13,15)(H,16,17). The molecule has 1 heterocycles. The highest BCUT2D eigenvalue weighted by Crippen LogP contribution is 2.07. The number of rotatable bonds is 6. The summed E-state index contributed by atoms with van der Waals surface area (Å²) in [6.07, 6.45) is 1.77. The van der Waals surface area contributed by atoms with Crippen molar-refractivity contribution in [1.29, 1.82) is 0 Å². The molecule has 1 aliphatic rings. The second-order valence-corrected chi connectivity index (χ2v) is 4.48. The maximum atomic E-state index is 11.8. The smallest absolute Gasteiger partial charge is 0.323 e. The molecule has 1 aliphatic heterocycles. The lowest BCUT2D eigenvalue weighted by atomic mass is 10.1. The van der Waals surface area contributed by atoms with Gasteiger partial charge in [-0.2, -0.15) is 0 Å². The highest BCUT2D eigenvalue weighted by Gasteiger charge is 2.30. The lowest BCUT2D eigenvalue weighted by molar-refractivity contribution is -0.150. The first-order valence-corrected chi connectivity index (χ1v) is 6.42. The Labute approximate surface area is 107 Å². The Balaban J connectivity index is 2.48. The van der Waals surface area contributed by atoms with Gasteiger partial charge in [0, 0.05) is 12.6 Å². The van der Waals surface area contributed by atoms with E-state index in [4.69, 9.17) is 9.84 Å². The molecule has 18 heavy (non-hydrogen) atoms. The summed E-state index contributed by atoms with van der Waals surface area (Å²) in [5.74, 6) is -1.05. The van der Waals surface area contributed by atoms with Gasteiger partial charge in [-0.05, 0) is 12.8 Å². The fourth-order valence-corrected chi connectivity index (χ4v) is 2.01. The van der Waals surface area contributed by atoms with E-state index in [0.29, 0.717) is 13.2 Å². The molecule has 6 nitrogen and oxygen atoms in total. The van der Waals surface area contributed by atoms with Gasteiger partial charge in [0.05, 0.1) is 19.8 Å². The van der Waals surface area contributed by atoms with Crippen molar-refractivity contribution in [2.75, 3.05) is 26.3 Å². The molecule has 0 radical (unpaired) electrons. The van der Waals surface area contributed by atoms with Crippen LogP contribution in [0, 0.1) is 0 Å². The lowest BCUT2D eigenvalue weighted by Gasteiger charge is -2.32. The molecule has 6 heteroatoms. The van der Waals surface area contributed by atoms with Crippen LogP contribution in [-0.4, -0.2) is 60.3 Å². The topological polar surface area (TPSA) is 78.9 Å². The van der Waals surface area contributed by atoms with E-state index in [-0.39, 0.29) is 25.1 Å². The average molecular weight is 258 g/mol. The maximum absolute atomic E-state index is 11.8. The Morgan fingerprint density at radius 3 is 2.67 bits per heavy atom. The number of carbonyl (C=O) groups is 2. The first-order chi connectivity index (χ1) is 8.58. The Morgan fingerprint density at radius 2 is 2.11 bits per heavy atom. The molecule has 104 valence electrons. The molecule has 0 bridgehead atoms. The van der Waals surface area contributed by atoms with E-state index in [1.165, 1.54) is 0 Å². The first kappa shape index (κ1) is 14.9. The molecule has 0 aromatic heterocycles. The zero-order valence-corrected chi connectivity index (χ0v) is 11.0. The van der Waals surface area contributed by atoms with Gasteiger partial charge in [0.15, 0.2) is 0 Å². The van der Waals surface area contributed by atoms with Crippen LogP contribution >= 0.6 is 0 Å². The largest absolute Gasteiger partial charge is 0.480 e. The summed E-state index contributed by atoms with van der Waals surface area (Å²) in [5.41, 5.74) is 0. The van der Waals surface area contributed by atoms with Crippen molar-refractivity contribution in [2.24, 2.45) is 0 Å². The van der Waals surface area contributed by atoms with Crippen molar-refractivity contribution in [3.8, 4) is 0 Å². The summed E-state index contributed by atoms with van der Waals surface area (Å²) in [6.45, 7) is 5.26. The van der Waals surface area contributed by atoms with E-state index >= 15 is 0 Å². The Morgan fingerprint density at radius 1 is 1.44 bits per heavy atom. The number of carboxylic acid groups (broad SMARTS) is 1. The predicted octanol–water partition coefficient (Wildman–Crippen LogP) is 0.0766. The zero-order valence-electron chi connectivity index (χ0n) is 11.0. The second kappa shape index (κ2) is 7.33. The minimum absolute atomic E-state index is 0.114. The fraction of sp³-hybridized carbons (Fsp3) is 0.833. The fourth-order valence-electron chi connectivity index (χ4n) is 2.01. The molecule has 1 fully saturated rings. The third-order valence-electron chi connectivity index (χ3n) is 3.22. The summed E-state index contributed by atoms with van der Waals surface area (Å²) in [6, 6.07) is -0.548. The second-order valence-electron chi connectivity index (χ2n) is 4.48. The van der Waals surface area contributed by atoms with Crippen LogP contribution in [0.15, 0.2) is 0 Å². The number of morpholine rings is 1. The van der Waals surface area contributed by atoms with Crippen molar-refractivity contribution in [3.63, 3.8) is 0 Å². The Bertz CT molecular complexity index is 292. The van der Waals surface area contributed by atoms with Crippen LogP contribution in [0.3, 0.4) is 0 Å². The summed E-state index contributed by atoms with van der Waals surface area (Å²) in [5, 5.41) is 12.0. The molecule has 1 unspecified atom stereocenters. The highest BCUT2D eigenvalue weighted by atomic mass is 16.5. The molecule has 1 saturated heterocycles. The van der Waals surface area contributed by atoms with Crippen LogP contribution in [0.1, 0.15) is 26.7 Å². The Hall–Kier alpha value is -1.14. The number of carboxylic acids is 1. The third kappa shape index (κ3) is 4.27. The SMILES string of the molecule is CCC(CC)NC(=O)CN1CCOCC1C(=O)O. The first-order valence-electron chi connectivity index (χ1n) is 6.42. The van der Waals surface area contributed by atoms with E-state index in [9.17, 15) is 9.59 Å². The van der Waals surface area contributed by atoms with Crippen LogP contribution in [0.5, 0.6) is 0 Å². The van der Waals surface area contributed by atoms with Crippen molar-refractivity contribution in [3.05, 3.63) is 0 Å². The monoisotopic (exact) mass is 258 g/mol. The van der Waals surface area contributed by atoms with Gasteiger partial charge in [-0.3, -0.25) is 14.5 Å². The van der Waals surface area contributed by atoms with Crippen molar-refractivity contribution in [1.82, 2.24) is 10.2 Å².